The zero-order valence-corrected chi connectivity index (χ0v) is 38.3. The molecule has 62 heavy (non-hydrogen) atoms. The summed E-state index contributed by atoms with van der Waals surface area (Å²) in [5.74, 6) is 0.272. The fourth-order valence-corrected chi connectivity index (χ4v) is 6.49. The SMILES string of the molecule is CCC=CCC=CCC=CCC=CCC=CCC=CCCC(=O)NCCN(CCNC(=O)C(C)(C)Oc1ccc(CCNC(=O)c2ccc(Cl)cc2)cc1)CCN1CCOCC1. The lowest BCUT2D eigenvalue weighted by atomic mass is 10.1. The molecular weight excluding hydrogens is 798 g/mol. The molecule has 3 amide bonds. The number of benzene rings is 2. The first-order valence-electron chi connectivity index (χ1n) is 22.5. The number of nitrogens with one attached hydrogen (secondary N) is 3. The van der Waals surface area contributed by atoms with E-state index in [2.05, 4.69) is 106 Å². The van der Waals surface area contributed by atoms with Gasteiger partial charge in [0.1, 0.15) is 5.75 Å². The first kappa shape index (κ1) is 51.6. The van der Waals surface area contributed by atoms with Crippen molar-refractivity contribution in [3.05, 3.63) is 138 Å². The highest BCUT2D eigenvalue weighted by molar-refractivity contribution is 6.30. The second-order valence-electron chi connectivity index (χ2n) is 15.6. The molecule has 11 heteroatoms. The van der Waals surface area contributed by atoms with Crippen LogP contribution in [0.3, 0.4) is 0 Å². The number of hydrogen-bond acceptors (Lipinski definition) is 7. The van der Waals surface area contributed by atoms with Crippen molar-refractivity contribution in [2.24, 2.45) is 0 Å². The maximum absolute atomic E-state index is 13.3. The van der Waals surface area contributed by atoms with Crippen LogP contribution in [0.15, 0.2) is 121 Å². The maximum atomic E-state index is 13.3. The summed E-state index contributed by atoms with van der Waals surface area (Å²) in [7, 11) is 0. The van der Waals surface area contributed by atoms with Crippen molar-refractivity contribution in [2.75, 3.05) is 72.1 Å². The Hall–Kier alpha value is -4.74. The van der Waals surface area contributed by atoms with Crippen LogP contribution >= 0.6 is 11.6 Å². The number of hydrogen-bond donors (Lipinski definition) is 3. The number of nitrogens with zero attached hydrogens (tertiary/aromatic N) is 2. The zero-order valence-electron chi connectivity index (χ0n) is 37.5. The highest BCUT2D eigenvalue weighted by atomic mass is 35.5. The Bertz CT molecular complexity index is 1740. The fourth-order valence-electron chi connectivity index (χ4n) is 6.37. The van der Waals surface area contributed by atoms with E-state index >= 15 is 0 Å². The molecule has 0 atom stereocenters. The number of ether oxygens (including phenoxy) is 2. The summed E-state index contributed by atoms with van der Waals surface area (Å²) in [5, 5.41) is 9.65. The Morgan fingerprint density at radius 2 is 1.26 bits per heavy atom. The molecular formula is C51H72ClN5O5. The molecule has 0 saturated carbocycles. The van der Waals surface area contributed by atoms with Gasteiger partial charge in [-0.1, -0.05) is 104 Å². The van der Waals surface area contributed by atoms with Crippen LogP contribution < -0.4 is 20.7 Å². The van der Waals surface area contributed by atoms with Crippen molar-refractivity contribution in [1.82, 2.24) is 25.8 Å². The molecule has 0 aliphatic carbocycles. The minimum absolute atomic E-state index is 0.0406. The highest BCUT2D eigenvalue weighted by Crippen LogP contribution is 2.20. The number of morpholine rings is 1. The third-order valence-electron chi connectivity index (χ3n) is 10.1. The molecule has 3 rings (SSSR count). The summed E-state index contributed by atoms with van der Waals surface area (Å²) >= 11 is 5.92. The summed E-state index contributed by atoms with van der Waals surface area (Å²) in [6.07, 6.45) is 33.8. The smallest absolute Gasteiger partial charge is 0.263 e. The van der Waals surface area contributed by atoms with E-state index in [1.54, 1.807) is 38.1 Å². The van der Waals surface area contributed by atoms with Crippen LogP contribution in [0.2, 0.25) is 5.02 Å². The third-order valence-corrected chi connectivity index (χ3v) is 10.3. The number of carbonyl (C=O) groups is 3. The average Bonchev–Trinajstić information content (AvgIpc) is 3.27. The first-order chi connectivity index (χ1) is 30.2. The molecule has 10 nitrogen and oxygen atoms in total. The predicted octanol–water partition coefficient (Wildman–Crippen LogP) is 8.81. The minimum atomic E-state index is -1.09. The molecule has 0 unspecified atom stereocenters. The van der Waals surface area contributed by atoms with Crippen LogP contribution in [0.5, 0.6) is 5.75 Å². The lowest BCUT2D eigenvalue weighted by Crippen LogP contribution is -2.49. The van der Waals surface area contributed by atoms with Gasteiger partial charge in [-0.05, 0) is 107 Å². The second kappa shape index (κ2) is 32.0. The van der Waals surface area contributed by atoms with Crippen LogP contribution in [0.1, 0.15) is 88.1 Å². The van der Waals surface area contributed by atoms with Gasteiger partial charge in [-0.2, -0.15) is 0 Å². The van der Waals surface area contributed by atoms with Crippen LogP contribution in [0, 0.1) is 0 Å². The molecule has 0 radical (unpaired) electrons. The van der Waals surface area contributed by atoms with Gasteiger partial charge in [0, 0.05) is 75.9 Å². The Labute approximate surface area is 377 Å². The van der Waals surface area contributed by atoms with Gasteiger partial charge < -0.3 is 25.4 Å². The van der Waals surface area contributed by atoms with Gasteiger partial charge in [0.25, 0.3) is 11.8 Å². The van der Waals surface area contributed by atoms with Crippen molar-refractivity contribution in [1.29, 1.82) is 0 Å². The van der Waals surface area contributed by atoms with Crippen LogP contribution in [0.25, 0.3) is 0 Å². The minimum Gasteiger partial charge on any atom is -0.478 e. The largest absolute Gasteiger partial charge is 0.478 e. The number of amides is 3. The number of allylic oxidation sites excluding steroid dienone is 12. The van der Waals surface area contributed by atoms with E-state index in [0.717, 1.165) is 83.5 Å². The van der Waals surface area contributed by atoms with E-state index in [0.29, 0.717) is 68.3 Å². The van der Waals surface area contributed by atoms with Crippen molar-refractivity contribution in [2.45, 2.75) is 84.2 Å². The summed E-state index contributed by atoms with van der Waals surface area (Å²) < 4.78 is 11.6. The molecule has 0 aromatic heterocycles. The topological polar surface area (TPSA) is 112 Å². The summed E-state index contributed by atoms with van der Waals surface area (Å²) in [6, 6.07) is 14.4. The fraction of sp³-hybridized carbons (Fsp3) is 0.471. The molecule has 0 bridgehead atoms. The lowest BCUT2D eigenvalue weighted by molar-refractivity contribution is -0.134. The second-order valence-corrected chi connectivity index (χ2v) is 16.1. The molecule has 0 spiro atoms. The number of carbonyl (C=O) groups excluding carboxylic acids is 3. The highest BCUT2D eigenvalue weighted by Gasteiger charge is 2.29. The summed E-state index contributed by atoms with van der Waals surface area (Å²) in [6.45, 7) is 13.5. The van der Waals surface area contributed by atoms with Crippen molar-refractivity contribution < 1.29 is 23.9 Å². The Morgan fingerprint density at radius 1 is 0.710 bits per heavy atom. The van der Waals surface area contributed by atoms with Crippen LogP contribution in [-0.4, -0.2) is 105 Å². The maximum Gasteiger partial charge on any atom is 0.263 e. The Kier molecular flexibility index (Phi) is 26.6. The van der Waals surface area contributed by atoms with Crippen LogP contribution in [0.4, 0.5) is 0 Å². The van der Waals surface area contributed by atoms with Gasteiger partial charge in [0.2, 0.25) is 5.91 Å². The molecule has 1 fully saturated rings. The standard InChI is InChI=1S/C51H72ClN5O5/c1-4-5-6-7-8-9-10-11-12-13-14-15-16-17-18-19-20-21-22-23-48(58)53-34-36-56(38-39-57-40-42-61-43-41-57)37-35-55-50(60)51(2,3)62-47-30-24-44(25-31-47)32-33-54-49(59)45-26-28-46(52)29-27-45/h5-6,8-9,11-12,14-15,17-18,20-21,24-31H,4,7,10,13,16,19,22-23,32-43H2,1-3H3,(H,53,58)(H,54,59)(H,55,60). The van der Waals surface area contributed by atoms with Crippen molar-refractivity contribution in [3.8, 4) is 5.75 Å². The molecule has 338 valence electrons. The predicted molar refractivity (Wildman–Crippen MR) is 256 cm³/mol. The van der Waals surface area contributed by atoms with E-state index < -0.39 is 5.60 Å². The monoisotopic (exact) mass is 870 g/mol. The molecule has 1 heterocycles. The van der Waals surface area contributed by atoms with E-state index in [1.165, 1.54) is 0 Å². The zero-order chi connectivity index (χ0) is 44.5. The summed E-state index contributed by atoms with van der Waals surface area (Å²) in [5.41, 5.74) is 0.505. The van der Waals surface area contributed by atoms with E-state index in [4.69, 9.17) is 21.1 Å². The number of halogens is 1. The van der Waals surface area contributed by atoms with Gasteiger partial charge in [-0.25, -0.2) is 0 Å². The average molecular weight is 871 g/mol. The molecule has 3 N–H and O–H groups in total. The van der Waals surface area contributed by atoms with Crippen LogP contribution in [-0.2, 0) is 20.7 Å². The van der Waals surface area contributed by atoms with Gasteiger partial charge >= 0.3 is 0 Å². The third kappa shape index (κ3) is 24.0. The lowest BCUT2D eigenvalue weighted by Gasteiger charge is -2.30. The molecule has 2 aromatic rings. The Balaban J connectivity index is 1.31. The first-order valence-corrected chi connectivity index (χ1v) is 22.8. The van der Waals surface area contributed by atoms with Gasteiger partial charge in [0.05, 0.1) is 13.2 Å². The van der Waals surface area contributed by atoms with Gasteiger partial charge in [0.15, 0.2) is 5.60 Å². The van der Waals surface area contributed by atoms with Crippen molar-refractivity contribution in [3.63, 3.8) is 0 Å². The molecule has 2 aromatic carbocycles. The molecule has 1 saturated heterocycles. The molecule has 1 aliphatic rings. The van der Waals surface area contributed by atoms with E-state index in [1.807, 2.05) is 24.3 Å². The number of rotatable bonds is 30. The quantitative estimate of drug-likeness (QED) is 0.0674. The van der Waals surface area contributed by atoms with Gasteiger partial charge in [-0.15, -0.1) is 0 Å². The molecule has 1 aliphatic heterocycles. The normalized spacial score (nSPS) is 14.1. The van der Waals surface area contributed by atoms with Crippen molar-refractivity contribution >= 4 is 29.3 Å². The Morgan fingerprint density at radius 3 is 1.84 bits per heavy atom. The summed E-state index contributed by atoms with van der Waals surface area (Å²) in [4.78, 5) is 42.9. The van der Waals surface area contributed by atoms with Gasteiger partial charge in [-0.3, -0.25) is 24.2 Å². The van der Waals surface area contributed by atoms with E-state index in [9.17, 15) is 14.4 Å². The van der Waals surface area contributed by atoms with E-state index in [-0.39, 0.29) is 17.7 Å².